The summed E-state index contributed by atoms with van der Waals surface area (Å²) in [7, 11) is -1.86. The van der Waals surface area contributed by atoms with Crippen LogP contribution in [-0.4, -0.2) is 44.1 Å². The van der Waals surface area contributed by atoms with Gasteiger partial charge in [0, 0.05) is 24.4 Å². The van der Waals surface area contributed by atoms with Gasteiger partial charge in [-0.2, -0.15) is 0 Å². The van der Waals surface area contributed by atoms with Crippen LogP contribution in [0.4, 0.5) is 0 Å². The standard InChI is InChI=1S/C14H28O4Si/c1-14(2,3)19(4,5)18-12-9(7-15)6-10-11(12)8-17-13(10)16/h9-13,15-16H,6-8H2,1-5H3/t9-,10?,11-,12-,13?/m1/s1. The molecule has 2 N–H and O–H groups in total. The normalized spacial score (nSPS) is 39.6. The Balaban J connectivity index is 2.14. The van der Waals surface area contributed by atoms with E-state index in [1.807, 2.05) is 0 Å². The second kappa shape index (κ2) is 5.11. The van der Waals surface area contributed by atoms with Crippen molar-refractivity contribution in [2.45, 2.75) is 57.7 Å². The highest BCUT2D eigenvalue weighted by Gasteiger charge is 2.53. The summed E-state index contributed by atoms with van der Waals surface area (Å²) in [6.07, 6.45) is 0.168. The third kappa shape index (κ3) is 2.76. The van der Waals surface area contributed by atoms with E-state index in [1.165, 1.54) is 0 Å². The van der Waals surface area contributed by atoms with Crippen LogP contribution in [0.3, 0.4) is 0 Å². The minimum atomic E-state index is -1.86. The molecule has 2 fully saturated rings. The number of hydrogen-bond donors (Lipinski definition) is 2. The van der Waals surface area contributed by atoms with Gasteiger partial charge in [0.05, 0.1) is 12.7 Å². The molecule has 0 aromatic carbocycles. The van der Waals surface area contributed by atoms with Crippen LogP contribution in [-0.2, 0) is 9.16 Å². The highest BCUT2D eigenvalue weighted by Crippen LogP contribution is 2.48. The Labute approximate surface area is 117 Å². The molecule has 4 nitrogen and oxygen atoms in total. The van der Waals surface area contributed by atoms with Crippen LogP contribution in [0, 0.1) is 17.8 Å². The molecule has 5 heteroatoms. The molecule has 2 rings (SSSR count). The highest BCUT2D eigenvalue weighted by atomic mass is 28.4. The summed E-state index contributed by atoms with van der Waals surface area (Å²) in [4.78, 5) is 0. The molecule has 5 atom stereocenters. The molecule has 0 aromatic rings. The lowest BCUT2D eigenvalue weighted by molar-refractivity contribution is -0.0871. The van der Waals surface area contributed by atoms with E-state index in [2.05, 4.69) is 33.9 Å². The molecule has 2 aliphatic rings. The second-order valence-electron chi connectivity index (χ2n) is 7.57. The van der Waals surface area contributed by atoms with E-state index < -0.39 is 14.6 Å². The molecule has 0 bridgehead atoms. The molecule has 0 spiro atoms. The Morgan fingerprint density at radius 2 is 1.89 bits per heavy atom. The van der Waals surface area contributed by atoms with Gasteiger partial charge in [-0.1, -0.05) is 20.8 Å². The predicted octanol–water partition coefficient (Wildman–Crippen LogP) is 1.97. The lowest BCUT2D eigenvalue weighted by atomic mass is 9.98. The van der Waals surface area contributed by atoms with Gasteiger partial charge in [0.1, 0.15) is 0 Å². The van der Waals surface area contributed by atoms with Crippen molar-refractivity contribution in [2.75, 3.05) is 13.2 Å². The molecule has 0 amide bonds. The largest absolute Gasteiger partial charge is 0.413 e. The van der Waals surface area contributed by atoms with Crippen LogP contribution < -0.4 is 0 Å². The Hall–Kier alpha value is 0.0569. The van der Waals surface area contributed by atoms with Crippen LogP contribution in [0.5, 0.6) is 0 Å². The number of hydrogen-bond acceptors (Lipinski definition) is 4. The predicted molar refractivity (Wildman–Crippen MR) is 76.2 cm³/mol. The van der Waals surface area contributed by atoms with Gasteiger partial charge in [0.25, 0.3) is 0 Å². The zero-order valence-corrected chi connectivity index (χ0v) is 13.7. The van der Waals surface area contributed by atoms with Crippen molar-refractivity contribution in [3.63, 3.8) is 0 Å². The fraction of sp³-hybridized carbons (Fsp3) is 1.00. The zero-order chi connectivity index (χ0) is 14.4. The van der Waals surface area contributed by atoms with Crippen molar-refractivity contribution in [3.8, 4) is 0 Å². The van der Waals surface area contributed by atoms with Gasteiger partial charge in [0.2, 0.25) is 0 Å². The Morgan fingerprint density at radius 1 is 1.26 bits per heavy atom. The summed E-state index contributed by atoms with van der Waals surface area (Å²) >= 11 is 0. The van der Waals surface area contributed by atoms with E-state index in [0.29, 0.717) is 6.61 Å². The average Bonchev–Trinajstić information content (AvgIpc) is 2.79. The van der Waals surface area contributed by atoms with Gasteiger partial charge < -0.3 is 19.4 Å². The van der Waals surface area contributed by atoms with Crippen molar-refractivity contribution in [2.24, 2.45) is 17.8 Å². The molecular weight excluding hydrogens is 260 g/mol. The first kappa shape index (κ1) is 15.4. The number of fused-ring (bicyclic) bond motifs is 1. The Kier molecular flexibility index (Phi) is 4.16. The van der Waals surface area contributed by atoms with E-state index in [0.717, 1.165) is 6.42 Å². The minimum absolute atomic E-state index is 0.0352. The summed E-state index contributed by atoms with van der Waals surface area (Å²) in [5.74, 6) is 0.510. The maximum absolute atomic E-state index is 9.84. The number of aliphatic hydroxyl groups excluding tert-OH is 2. The molecule has 112 valence electrons. The van der Waals surface area contributed by atoms with E-state index in [-0.39, 0.29) is 35.5 Å². The van der Waals surface area contributed by atoms with Crippen molar-refractivity contribution in [1.29, 1.82) is 0 Å². The number of rotatable bonds is 3. The summed E-state index contributed by atoms with van der Waals surface area (Å²) in [5.41, 5.74) is 0. The Bertz CT molecular complexity index is 326. The van der Waals surface area contributed by atoms with Crippen LogP contribution in [0.25, 0.3) is 0 Å². The molecule has 1 heterocycles. The van der Waals surface area contributed by atoms with Gasteiger partial charge in [-0.25, -0.2) is 0 Å². The van der Waals surface area contributed by atoms with Crippen molar-refractivity contribution in [3.05, 3.63) is 0 Å². The van der Waals surface area contributed by atoms with Crippen LogP contribution in [0.1, 0.15) is 27.2 Å². The summed E-state index contributed by atoms with van der Waals surface area (Å²) in [6, 6.07) is 0. The second-order valence-corrected chi connectivity index (χ2v) is 12.3. The first-order chi connectivity index (χ1) is 8.67. The molecule has 1 aliphatic heterocycles. The van der Waals surface area contributed by atoms with E-state index >= 15 is 0 Å². The van der Waals surface area contributed by atoms with Crippen LogP contribution in [0.2, 0.25) is 18.1 Å². The molecule has 1 aliphatic carbocycles. The van der Waals surface area contributed by atoms with Gasteiger partial charge in [-0.15, -0.1) is 0 Å². The quantitative estimate of drug-likeness (QED) is 0.780. The maximum Gasteiger partial charge on any atom is 0.192 e. The summed E-state index contributed by atoms with van der Waals surface area (Å²) in [5, 5.41) is 19.6. The topological polar surface area (TPSA) is 58.9 Å². The molecule has 19 heavy (non-hydrogen) atoms. The molecule has 0 radical (unpaired) electrons. The van der Waals surface area contributed by atoms with E-state index in [1.54, 1.807) is 0 Å². The Morgan fingerprint density at radius 3 is 2.42 bits per heavy atom. The van der Waals surface area contributed by atoms with Gasteiger partial charge in [-0.05, 0) is 24.6 Å². The molecular formula is C14H28O4Si. The monoisotopic (exact) mass is 288 g/mol. The smallest absolute Gasteiger partial charge is 0.192 e. The van der Waals surface area contributed by atoms with Crippen LogP contribution in [0.15, 0.2) is 0 Å². The third-order valence-corrected chi connectivity index (χ3v) is 9.78. The third-order valence-electron chi connectivity index (χ3n) is 5.31. The van der Waals surface area contributed by atoms with Gasteiger partial charge in [0.15, 0.2) is 14.6 Å². The van der Waals surface area contributed by atoms with E-state index in [4.69, 9.17) is 9.16 Å². The number of aliphatic hydroxyl groups is 2. The maximum atomic E-state index is 9.84. The lowest BCUT2D eigenvalue weighted by Gasteiger charge is -2.41. The lowest BCUT2D eigenvalue weighted by Crippen LogP contribution is -2.47. The highest BCUT2D eigenvalue weighted by molar-refractivity contribution is 6.74. The van der Waals surface area contributed by atoms with Crippen molar-refractivity contribution in [1.82, 2.24) is 0 Å². The van der Waals surface area contributed by atoms with Crippen molar-refractivity contribution >= 4 is 8.32 Å². The fourth-order valence-electron chi connectivity index (χ4n) is 3.01. The minimum Gasteiger partial charge on any atom is -0.413 e. The van der Waals surface area contributed by atoms with Gasteiger partial charge in [-0.3, -0.25) is 0 Å². The molecule has 1 saturated carbocycles. The molecule has 2 unspecified atom stereocenters. The first-order valence-corrected chi connectivity index (χ1v) is 10.2. The first-order valence-electron chi connectivity index (χ1n) is 7.25. The van der Waals surface area contributed by atoms with Gasteiger partial charge >= 0.3 is 0 Å². The fourth-order valence-corrected chi connectivity index (χ4v) is 4.41. The van der Waals surface area contributed by atoms with E-state index in [9.17, 15) is 10.2 Å². The van der Waals surface area contributed by atoms with Crippen molar-refractivity contribution < 1.29 is 19.4 Å². The summed E-state index contributed by atoms with van der Waals surface area (Å²) < 4.78 is 11.9. The summed E-state index contributed by atoms with van der Waals surface area (Å²) in [6.45, 7) is 11.8. The SMILES string of the molecule is CC(C)(C)[Si](C)(C)O[C@@H]1[C@@H](CO)CC2C(O)OC[C@H]21. The number of ether oxygens (including phenoxy) is 1. The zero-order valence-electron chi connectivity index (χ0n) is 12.7. The van der Waals surface area contributed by atoms with Crippen LogP contribution >= 0.6 is 0 Å². The molecule has 1 saturated heterocycles. The molecule has 0 aromatic heterocycles. The average molecular weight is 288 g/mol.